The SMILES string of the molecule is CN(C)c1cc(-c2cccc3c2Sc2ccccc2S3)ccc1-c1ccc2c3ccccc3c3ccccc3c2c1. The minimum atomic E-state index is 1.22. The van der Waals surface area contributed by atoms with E-state index in [4.69, 9.17) is 0 Å². The highest BCUT2D eigenvalue weighted by molar-refractivity contribution is 8.05. The average Bonchev–Trinajstić information content (AvgIpc) is 3.03. The van der Waals surface area contributed by atoms with Crippen LogP contribution in [-0.4, -0.2) is 14.1 Å². The summed E-state index contributed by atoms with van der Waals surface area (Å²) in [7, 11) is 4.29. The van der Waals surface area contributed by atoms with Crippen LogP contribution in [0.5, 0.6) is 0 Å². The fourth-order valence-corrected chi connectivity index (χ4v) is 8.57. The zero-order chi connectivity index (χ0) is 27.5. The molecule has 41 heavy (non-hydrogen) atoms. The van der Waals surface area contributed by atoms with E-state index in [1.54, 1.807) is 0 Å². The highest BCUT2D eigenvalue weighted by Crippen LogP contribution is 2.52. The lowest BCUT2D eigenvalue weighted by Crippen LogP contribution is -2.10. The van der Waals surface area contributed by atoms with E-state index in [0.717, 1.165) is 0 Å². The molecule has 0 radical (unpaired) electrons. The Morgan fingerprint density at radius 1 is 0.415 bits per heavy atom. The van der Waals surface area contributed by atoms with Gasteiger partial charge < -0.3 is 4.90 Å². The lowest BCUT2D eigenvalue weighted by Gasteiger charge is -2.23. The maximum absolute atomic E-state index is 2.39. The van der Waals surface area contributed by atoms with Gasteiger partial charge in [0.2, 0.25) is 0 Å². The monoisotopic (exact) mass is 561 g/mol. The highest BCUT2D eigenvalue weighted by Gasteiger charge is 2.21. The smallest absolute Gasteiger partial charge is 0.0446 e. The van der Waals surface area contributed by atoms with Crippen LogP contribution in [0.3, 0.4) is 0 Å². The molecule has 196 valence electrons. The van der Waals surface area contributed by atoms with E-state index in [9.17, 15) is 0 Å². The first kappa shape index (κ1) is 24.6. The van der Waals surface area contributed by atoms with Crippen LogP contribution in [0, 0.1) is 0 Å². The molecule has 0 saturated heterocycles. The molecule has 8 rings (SSSR count). The molecular weight excluding hydrogens is 535 g/mol. The van der Waals surface area contributed by atoms with E-state index in [-0.39, 0.29) is 0 Å². The van der Waals surface area contributed by atoms with Crippen molar-refractivity contribution in [3.63, 3.8) is 0 Å². The summed E-state index contributed by atoms with van der Waals surface area (Å²) in [4.78, 5) is 7.59. The number of rotatable bonds is 3. The van der Waals surface area contributed by atoms with Gasteiger partial charge in [-0.2, -0.15) is 0 Å². The summed E-state index contributed by atoms with van der Waals surface area (Å²) in [5, 5.41) is 7.83. The first-order valence-corrected chi connectivity index (χ1v) is 15.5. The molecule has 1 aliphatic heterocycles. The largest absolute Gasteiger partial charge is 0.377 e. The minimum absolute atomic E-state index is 1.22. The summed E-state index contributed by atoms with van der Waals surface area (Å²) in [6, 6.07) is 46.9. The molecule has 0 fully saturated rings. The Hall–Kier alpha value is -4.18. The summed E-state index contributed by atoms with van der Waals surface area (Å²) in [6.45, 7) is 0. The van der Waals surface area contributed by atoms with Crippen molar-refractivity contribution in [1.82, 2.24) is 0 Å². The second kappa shape index (κ2) is 9.73. The van der Waals surface area contributed by atoms with Crippen LogP contribution >= 0.6 is 23.5 Å². The Morgan fingerprint density at radius 3 is 1.63 bits per heavy atom. The number of hydrogen-bond acceptors (Lipinski definition) is 3. The normalized spacial score (nSPS) is 12.4. The number of benzene rings is 7. The van der Waals surface area contributed by atoms with E-state index in [2.05, 4.69) is 146 Å². The van der Waals surface area contributed by atoms with Crippen LogP contribution < -0.4 is 4.90 Å². The third-order valence-electron chi connectivity index (χ3n) is 8.11. The topological polar surface area (TPSA) is 3.24 Å². The second-order valence-electron chi connectivity index (χ2n) is 10.8. The van der Waals surface area contributed by atoms with E-state index in [0.29, 0.717) is 0 Å². The van der Waals surface area contributed by atoms with Crippen molar-refractivity contribution >= 4 is 61.5 Å². The number of anilines is 1. The number of nitrogens with zero attached hydrogens (tertiary/aromatic N) is 1. The van der Waals surface area contributed by atoms with Crippen molar-refractivity contribution in [2.24, 2.45) is 0 Å². The van der Waals surface area contributed by atoms with Gasteiger partial charge in [0, 0.05) is 44.9 Å². The Morgan fingerprint density at radius 2 is 0.951 bits per heavy atom. The summed E-state index contributed by atoms with van der Waals surface area (Å²) < 4.78 is 0. The van der Waals surface area contributed by atoms with Gasteiger partial charge in [0.25, 0.3) is 0 Å². The summed E-state index contributed by atoms with van der Waals surface area (Å²) in [6.07, 6.45) is 0. The molecule has 0 spiro atoms. The van der Waals surface area contributed by atoms with Crippen LogP contribution in [0.1, 0.15) is 0 Å². The Labute approximate surface area is 248 Å². The van der Waals surface area contributed by atoms with Crippen LogP contribution in [-0.2, 0) is 0 Å². The average molecular weight is 562 g/mol. The summed E-state index contributed by atoms with van der Waals surface area (Å²) in [5.41, 5.74) is 6.25. The molecule has 7 aromatic rings. The molecule has 1 aliphatic rings. The maximum Gasteiger partial charge on any atom is 0.0446 e. The molecule has 0 amide bonds. The molecule has 0 aromatic heterocycles. The molecule has 7 aromatic carbocycles. The van der Waals surface area contributed by atoms with E-state index >= 15 is 0 Å². The Bertz CT molecular complexity index is 2110. The third kappa shape index (κ3) is 4.03. The zero-order valence-corrected chi connectivity index (χ0v) is 24.5. The molecule has 0 N–H and O–H groups in total. The van der Waals surface area contributed by atoms with Crippen LogP contribution in [0.15, 0.2) is 147 Å². The van der Waals surface area contributed by atoms with Gasteiger partial charge in [0.1, 0.15) is 0 Å². The molecule has 0 saturated carbocycles. The minimum Gasteiger partial charge on any atom is -0.377 e. The van der Waals surface area contributed by atoms with Crippen LogP contribution in [0.25, 0.3) is 54.6 Å². The van der Waals surface area contributed by atoms with Crippen molar-refractivity contribution in [2.75, 3.05) is 19.0 Å². The molecule has 3 heteroatoms. The summed E-state index contributed by atoms with van der Waals surface area (Å²) >= 11 is 3.76. The molecule has 0 unspecified atom stereocenters. The molecule has 0 atom stereocenters. The molecule has 1 nitrogen and oxygen atoms in total. The fraction of sp³-hybridized carbons (Fsp3) is 0.0526. The number of fused-ring (bicyclic) bond motifs is 8. The molecule has 0 aliphatic carbocycles. The lowest BCUT2D eigenvalue weighted by molar-refractivity contribution is 1.13. The van der Waals surface area contributed by atoms with Gasteiger partial charge in [0.15, 0.2) is 0 Å². The van der Waals surface area contributed by atoms with Gasteiger partial charge in [0.05, 0.1) is 0 Å². The van der Waals surface area contributed by atoms with E-state index in [1.807, 2.05) is 23.5 Å². The standard InChI is InChI=1S/C38H27NS2/c1-39(2)34-23-25(27-14-9-17-37-38(27)41-36-16-8-7-15-35(36)40-37)18-20-26(34)24-19-21-32-30-12-4-3-10-28(30)29-11-5-6-13-31(29)33(32)22-24/h3-23H,1-2H3. The first-order valence-electron chi connectivity index (χ1n) is 13.9. The van der Waals surface area contributed by atoms with Crippen molar-refractivity contribution in [1.29, 1.82) is 0 Å². The molecule has 1 heterocycles. The predicted octanol–water partition coefficient (Wildman–Crippen LogP) is 11.2. The highest BCUT2D eigenvalue weighted by atomic mass is 32.2. The summed E-state index contributed by atoms with van der Waals surface area (Å²) in [5.74, 6) is 0. The van der Waals surface area contributed by atoms with E-state index < -0.39 is 0 Å². The third-order valence-corrected chi connectivity index (χ3v) is 10.7. The van der Waals surface area contributed by atoms with Crippen LogP contribution in [0.2, 0.25) is 0 Å². The van der Waals surface area contributed by atoms with Gasteiger partial charge >= 0.3 is 0 Å². The number of hydrogen-bond donors (Lipinski definition) is 0. The van der Waals surface area contributed by atoms with Crippen molar-refractivity contribution in [3.8, 4) is 22.3 Å². The van der Waals surface area contributed by atoms with Crippen LogP contribution in [0.4, 0.5) is 5.69 Å². The van der Waals surface area contributed by atoms with Gasteiger partial charge in [-0.1, -0.05) is 121 Å². The first-order chi connectivity index (χ1) is 20.2. The van der Waals surface area contributed by atoms with Crippen molar-refractivity contribution in [2.45, 2.75) is 19.6 Å². The fourth-order valence-electron chi connectivity index (χ4n) is 6.16. The molecular formula is C38H27NS2. The second-order valence-corrected chi connectivity index (χ2v) is 12.9. The van der Waals surface area contributed by atoms with E-state index in [1.165, 1.54) is 79.8 Å². The quantitative estimate of drug-likeness (QED) is 0.198. The Kier molecular flexibility index (Phi) is 5.84. The predicted molar refractivity (Wildman–Crippen MR) is 179 cm³/mol. The van der Waals surface area contributed by atoms with Gasteiger partial charge in [-0.25, -0.2) is 0 Å². The van der Waals surface area contributed by atoms with Crippen molar-refractivity contribution < 1.29 is 0 Å². The maximum atomic E-state index is 2.39. The zero-order valence-electron chi connectivity index (χ0n) is 22.9. The molecule has 0 bridgehead atoms. The lowest BCUT2D eigenvalue weighted by atomic mass is 9.91. The van der Waals surface area contributed by atoms with Gasteiger partial charge in [-0.3, -0.25) is 0 Å². The Balaban J connectivity index is 1.29. The van der Waals surface area contributed by atoms with Crippen molar-refractivity contribution in [3.05, 3.63) is 127 Å². The van der Waals surface area contributed by atoms with Gasteiger partial charge in [-0.05, 0) is 79.3 Å². The van der Waals surface area contributed by atoms with Gasteiger partial charge in [-0.15, -0.1) is 0 Å².